The summed E-state index contributed by atoms with van der Waals surface area (Å²) in [5.41, 5.74) is -4.61. The molecular formula is C28H34F2N5O6PS. The van der Waals surface area contributed by atoms with Crippen LogP contribution in [0.25, 0.3) is 10.1 Å². The van der Waals surface area contributed by atoms with Gasteiger partial charge in [-0.1, -0.05) is 18.9 Å². The maximum absolute atomic E-state index is 14.2. The molecule has 1 unspecified atom stereocenters. The van der Waals surface area contributed by atoms with E-state index in [0.717, 1.165) is 36.3 Å². The van der Waals surface area contributed by atoms with E-state index in [-0.39, 0.29) is 34.2 Å². The van der Waals surface area contributed by atoms with E-state index in [9.17, 15) is 27.7 Å². The van der Waals surface area contributed by atoms with Crippen LogP contribution in [0.1, 0.15) is 73.6 Å². The number of likely N-dealkylation sites (N-methyl/N-ethyl adjacent to an activating group) is 1. The van der Waals surface area contributed by atoms with Gasteiger partial charge in [0.15, 0.2) is 0 Å². The highest BCUT2D eigenvalue weighted by molar-refractivity contribution is 7.52. The van der Waals surface area contributed by atoms with Gasteiger partial charge in [-0.15, -0.1) is 11.3 Å². The van der Waals surface area contributed by atoms with E-state index < -0.39 is 36.8 Å². The van der Waals surface area contributed by atoms with Gasteiger partial charge in [0.25, 0.3) is 5.91 Å². The molecule has 2 aliphatic rings. The second-order valence-electron chi connectivity index (χ2n) is 11.4. The summed E-state index contributed by atoms with van der Waals surface area (Å²) in [6.45, 7) is 3.96. The highest BCUT2D eigenvalue weighted by atomic mass is 32.1. The molecule has 4 heterocycles. The van der Waals surface area contributed by atoms with Crippen molar-refractivity contribution in [3.63, 3.8) is 0 Å². The number of nitrogens with one attached hydrogen (secondary N) is 1. The van der Waals surface area contributed by atoms with Gasteiger partial charge in [-0.3, -0.25) is 23.6 Å². The highest BCUT2D eigenvalue weighted by Crippen LogP contribution is 2.59. The fraction of sp³-hybridized carbons (Fsp3) is 0.500. The lowest BCUT2D eigenvalue weighted by atomic mass is 9.99. The summed E-state index contributed by atoms with van der Waals surface area (Å²) in [5.74, 6) is -1.12. The maximum atomic E-state index is 14.2. The molecule has 2 fully saturated rings. The van der Waals surface area contributed by atoms with Crippen LogP contribution in [0.3, 0.4) is 0 Å². The van der Waals surface area contributed by atoms with Crippen LogP contribution in [0, 0.1) is 0 Å². The Hall–Kier alpha value is -3.19. The summed E-state index contributed by atoms with van der Waals surface area (Å²) in [5, 5.41) is 7.33. The number of aromatic nitrogens is 2. The number of carbonyl (C=O) groups is 3. The molecule has 1 aromatic carbocycles. The molecule has 3 N–H and O–H groups in total. The fourth-order valence-corrected chi connectivity index (χ4v) is 7.20. The SMILES string of the molecule is CC(C)n1cc(N(C)C(=O)[C@@H]2CC[C@@H]3CCCCC(NC(=O)c4cc5cc(C(F)(F)P(=O)(O)O)ccc5s4)C(=O)N32)cn1. The minimum absolute atomic E-state index is 0.119. The Morgan fingerprint density at radius 3 is 2.56 bits per heavy atom. The van der Waals surface area contributed by atoms with Gasteiger partial charge in [0, 0.05) is 35.6 Å². The van der Waals surface area contributed by atoms with Crippen molar-refractivity contribution in [3.05, 3.63) is 47.1 Å². The van der Waals surface area contributed by atoms with E-state index in [1.54, 1.807) is 29.0 Å². The van der Waals surface area contributed by atoms with Crippen molar-refractivity contribution in [3.8, 4) is 0 Å². The Morgan fingerprint density at radius 1 is 1.16 bits per heavy atom. The third kappa shape index (κ3) is 5.98. The molecule has 2 saturated heterocycles. The maximum Gasteiger partial charge on any atom is 0.399 e. The summed E-state index contributed by atoms with van der Waals surface area (Å²) in [6, 6.07) is 2.96. The second-order valence-corrected chi connectivity index (χ2v) is 14.2. The third-order valence-corrected chi connectivity index (χ3v) is 10.3. The van der Waals surface area contributed by atoms with Gasteiger partial charge in [-0.25, -0.2) is 0 Å². The zero-order valence-electron chi connectivity index (χ0n) is 23.9. The molecule has 232 valence electrons. The number of benzene rings is 1. The summed E-state index contributed by atoms with van der Waals surface area (Å²) in [4.78, 5) is 62.3. The zero-order valence-corrected chi connectivity index (χ0v) is 25.7. The Morgan fingerprint density at radius 2 is 1.88 bits per heavy atom. The van der Waals surface area contributed by atoms with Crippen molar-refractivity contribution in [2.45, 2.75) is 82.2 Å². The van der Waals surface area contributed by atoms with E-state index in [4.69, 9.17) is 9.79 Å². The van der Waals surface area contributed by atoms with Gasteiger partial charge in [0.1, 0.15) is 12.1 Å². The normalized spacial score (nSPS) is 21.5. The van der Waals surface area contributed by atoms with Crippen LogP contribution in [0.5, 0.6) is 0 Å². The average molecular weight is 638 g/mol. The molecule has 0 bridgehead atoms. The van der Waals surface area contributed by atoms with Crippen LogP contribution in [-0.4, -0.2) is 67.4 Å². The van der Waals surface area contributed by atoms with Gasteiger partial charge in [-0.05, 0) is 63.1 Å². The standard InChI is InChI=1S/C28H34F2N5O6PS/c1-16(2)34-15-20(14-31-34)33(3)27(38)22-10-9-19-6-4-5-7-21(26(37)35(19)22)32-25(36)24-13-17-12-18(8-11-23(17)43-24)28(29,30)42(39,40)41/h8,11-16,19,21-22H,4-7,9-10H2,1-3H3,(H,32,36)(H2,39,40,41)/t19-,21?,22-/m0/s1. The summed E-state index contributed by atoms with van der Waals surface area (Å²) >= 11 is 1.02. The Labute approximate surface area is 251 Å². The lowest BCUT2D eigenvalue weighted by molar-refractivity contribution is -0.141. The van der Waals surface area contributed by atoms with Crippen molar-refractivity contribution >= 4 is 52.4 Å². The lowest BCUT2D eigenvalue weighted by Gasteiger charge is -2.36. The number of rotatable bonds is 7. The second kappa shape index (κ2) is 11.7. The number of hydrogen-bond donors (Lipinski definition) is 3. The number of amides is 3. The summed E-state index contributed by atoms with van der Waals surface area (Å²) < 4.78 is 42.0. The zero-order chi connectivity index (χ0) is 31.3. The predicted molar refractivity (Wildman–Crippen MR) is 157 cm³/mol. The lowest BCUT2D eigenvalue weighted by Crippen LogP contribution is -2.56. The molecule has 3 amide bonds. The van der Waals surface area contributed by atoms with E-state index in [0.29, 0.717) is 36.1 Å². The number of carbonyl (C=O) groups excluding carboxylic acids is 3. The Kier molecular flexibility index (Phi) is 8.51. The van der Waals surface area contributed by atoms with Gasteiger partial charge in [0.05, 0.1) is 16.8 Å². The van der Waals surface area contributed by atoms with Crippen LogP contribution < -0.4 is 10.2 Å². The topological polar surface area (TPSA) is 145 Å². The van der Waals surface area contributed by atoms with E-state index in [1.165, 1.54) is 17.0 Å². The number of thiophene rings is 1. The van der Waals surface area contributed by atoms with Gasteiger partial charge in [-0.2, -0.15) is 13.9 Å². The monoisotopic (exact) mass is 637 g/mol. The van der Waals surface area contributed by atoms with Crippen molar-refractivity contribution in [2.24, 2.45) is 0 Å². The van der Waals surface area contributed by atoms with E-state index in [1.807, 2.05) is 13.8 Å². The first-order valence-electron chi connectivity index (χ1n) is 14.1. The van der Waals surface area contributed by atoms with Crippen molar-refractivity contribution < 1.29 is 37.5 Å². The van der Waals surface area contributed by atoms with Gasteiger partial charge >= 0.3 is 13.3 Å². The van der Waals surface area contributed by atoms with Crippen LogP contribution in [-0.2, 0) is 19.8 Å². The minimum atomic E-state index is -5.75. The fourth-order valence-electron chi connectivity index (χ4n) is 5.78. The number of halogens is 2. The smallest absolute Gasteiger partial charge is 0.340 e. The molecular weight excluding hydrogens is 603 g/mol. The van der Waals surface area contributed by atoms with Crippen LogP contribution in [0.4, 0.5) is 14.5 Å². The quantitative estimate of drug-likeness (QED) is 0.321. The number of anilines is 1. The first-order valence-corrected chi connectivity index (χ1v) is 16.5. The number of hydrogen-bond acceptors (Lipinski definition) is 6. The van der Waals surface area contributed by atoms with Crippen molar-refractivity contribution in [2.75, 3.05) is 11.9 Å². The highest BCUT2D eigenvalue weighted by Gasteiger charge is 2.50. The molecule has 11 nitrogen and oxygen atoms in total. The van der Waals surface area contributed by atoms with Crippen molar-refractivity contribution in [1.82, 2.24) is 20.0 Å². The molecule has 0 saturated carbocycles. The molecule has 0 aliphatic carbocycles. The predicted octanol–water partition coefficient (Wildman–Crippen LogP) is 4.60. The molecule has 5 rings (SSSR count). The molecule has 0 spiro atoms. The molecule has 3 aromatic rings. The largest absolute Gasteiger partial charge is 0.399 e. The third-order valence-electron chi connectivity index (χ3n) is 8.21. The minimum Gasteiger partial charge on any atom is -0.340 e. The number of alkyl halides is 2. The summed E-state index contributed by atoms with van der Waals surface area (Å²) in [7, 11) is -4.09. The Bertz CT molecular complexity index is 1600. The van der Waals surface area contributed by atoms with E-state index >= 15 is 0 Å². The summed E-state index contributed by atoms with van der Waals surface area (Å²) in [6.07, 6.45) is 7.28. The van der Waals surface area contributed by atoms with Crippen LogP contribution in [0.15, 0.2) is 36.7 Å². The van der Waals surface area contributed by atoms with Gasteiger partial charge < -0.3 is 24.9 Å². The number of fused-ring (bicyclic) bond motifs is 2. The Balaban J connectivity index is 1.34. The first kappa shape index (κ1) is 31.2. The van der Waals surface area contributed by atoms with Crippen LogP contribution in [0.2, 0.25) is 0 Å². The molecule has 3 atom stereocenters. The molecule has 0 radical (unpaired) electrons. The van der Waals surface area contributed by atoms with Crippen molar-refractivity contribution in [1.29, 1.82) is 0 Å². The molecule has 15 heteroatoms. The molecule has 43 heavy (non-hydrogen) atoms. The van der Waals surface area contributed by atoms with E-state index in [2.05, 4.69) is 10.4 Å². The van der Waals surface area contributed by atoms with Gasteiger partial charge in [0.2, 0.25) is 11.8 Å². The molecule has 2 aromatic heterocycles. The molecule has 2 aliphatic heterocycles. The number of nitrogens with zero attached hydrogens (tertiary/aromatic N) is 4. The first-order chi connectivity index (χ1) is 20.2. The van der Waals surface area contributed by atoms with Crippen LogP contribution >= 0.6 is 18.9 Å². The average Bonchev–Trinajstić information content (AvgIpc) is 3.69.